The van der Waals surface area contributed by atoms with E-state index in [1.54, 1.807) is 4.68 Å². The van der Waals surface area contributed by atoms with Crippen LogP contribution in [0.2, 0.25) is 5.02 Å². The lowest BCUT2D eigenvalue weighted by atomic mass is 9.98. The summed E-state index contributed by atoms with van der Waals surface area (Å²) in [4.78, 5) is 4.78. The molecule has 176 valence electrons. The molecule has 1 aliphatic rings. The van der Waals surface area contributed by atoms with Crippen molar-refractivity contribution in [1.29, 1.82) is 0 Å². The third-order valence-corrected chi connectivity index (χ3v) is 6.89. The molecule has 1 saturated heterocycles. The third kappa shape index (κ3) is 4.82. The average Bonchev–Trinajstić information content (AvgIpc) is 3.24. The van der Waals surface area contributed by atoms with E-state index in [4.69, 9.17) is 21.3 Å². The van der Waals surface area contributed by atoms with E-state index in [2.05, 4.69) is 48.5 Å². The Balaban J connectivity index is 1.60. The number of aryl methyl sites for hydroxylation is 3. The number of benzene rings is 2. The van der Waals surface area contributed by atoms with Gasteiger partial charge in [-0.3, -0.25) is 9.67 Å². The minimum atomic E-state index is 0.520. The van der Waals surface area contributed by atoms with Crippen LogP contribution in [0.3, 0.4) is 0 Å². The maximum atomic E-state index is 6.68. The second-order valence-electron chi connectivity index (χ2n) is 9.41. The highest BCUT2D eigenvalue weighted by Gasteiger charge is 2.18. The van der Waals surface area contributed by atoms with E-state index in [0.29, 0.717) is 17.7 Å². The summed E-state index contributed by atoms with van der Waals surface area (Å²) in [5, 5.41) is 9.58. The molecule has 2 aromatic carbocycles. The van der Waals surface area contributed by atoms with Gasteiger partial charge >= 0.3 is 0 Å². The van der Waals surface area contributed by atoms with Crippen molar-refractivity contribution in [2.75, 3.05) is 13.2 Å². The molecule has 1 aliphatic heterocycles. The van der Waals surface area contributed by atoms with Crippen LogP contribution in [0, 0.1) is 13.8 Å². The van der Waals surface area contributed by atoms with Gasteiger partial charge in [0, 0.05) is 47.6 Å². The summed E-state index contributed by atoms with van der Waals surface area (Å²) in [5.41, 5.74) is 7.31. The van der Waals surface area contributed by atoms with Crippen molar-refractivity contribution in [3.05, 3.63) is 65.1 Å². The molecule has 0 amide bonds. The summed E-state index contributed by atoms with van der Waals surface area (Å²) in [5.74, 6) is 0.868. The van der Waals surface area contributed by atoms with Crippen LogP contribution in [-0.2, 0) is 7.05 Å². The zero-order chi connectivity index (χ0) is 23.7. The first kappa shape index (κ1) is 22.9. The number of hydrogen-bond acceptors (Lipinski definition) is 4. The summed E-state index contributed by atoms with van der Waals surface area (Å²) in [7, 11) is 1.91. The molecule has 0 saturated carbocycles. The second kappa shape index (κ2) is 9.77. The molecule has 6 heteroatoms. The van der Waals surface area contributed by atoms with Crippen LogP contribution in [0.25, 0.3) is 33.2 Å². The van der Waals surface area contributed by atoms with Gasteiger partial charge in [0.2, 0.25) is 0 Å². The quantitative estimate of drug-likeness (QED) is 0.347. The van der Waals surface area contributed by atoms with E-state index < -0.39 is 0 Å². The van der Waals surface area contributed by atoms with Crippen molar-refractivity contribution in [2.45, 2.75) is 45.6 Å². The van der Waals surface area contributed by atoms with Gasteiger partial charge in [-0.05, 0) is 57.4 Å². The van der Waals surface area contributed by atoms with Crippen LogP contribution >= 0.6 is 11.6 Å². The number of fused-ring (bicyclic) bond motifs is 1. The summed E-state index contributed by atoms with van der Waals surface area (Å²) in [6.07, 6.45) is 10.5. The minimum absolute atomic E-state index is 0.520. The number of aromatic nitrogens is 3. The smallest absolute Gasteiger partial charge is 0.138 e. The van der Waals surface area contributed by atoms with Gasteiger partial charge in [-0.25, -0.2) is 0 Å². The highest BCUT2D eigenvalue weighted by atomic mass is 35.5. The van der Waals surface area contributed by atoms with E-state index >= 15 is 0 Å². The second-order valence-corrected chi connectivity index (χ2v) is 9.82. The molecule has 4 aromatic rings. The molecule has 0 unspecified atom stereocenters. The Morgan fingerprint density at radius 1 is 1.03 bits per heavy atom. The number of nitrogens with one attached hydrogen (secondary N) is 1. The number of rotatable bonds is 6. The predicted molar refractivity (Wildman–Crippen MR) is 140 cm³/mol. The number of hydrogen-bond donors (Lipinski definition) is 1. The first-order valence-electron chi connectivity index (χ1n) is 12.0. The van der Waals surface area contributed by atoms with Gasteiger partial charge in [0.15, 0.2) is 0 Å². The van der Waals surface area contributed by atoms with Crippen molar-refractivity contribution in [2.24, 2.45) is 7.05 Å². The molecule has 0 bridgehead atoms. The number of ether oxygens (including phenoxy) is 1. The van der Waals surface area contributed by atoms with E-state index in [1.165, 1.54) is 30.4 Å². The summed E-state index contributed by atoms with van der Waals surface area (Å²) < 4.78 is 8.37. The summed E-state index contributed by atoms with van der Waals surface area (Å²) in [6, 6.07) is 11.1. The van der Waals surface area contributed by atoms with E-state index in [1.807, 2.05) is 31.7 Å². The van der Waals surface area contributed by atoms with E-state index in [-0.39, 0.29) is 0 Å². The molecule has 1 N–H and O–H groups in total. The lowest BCUT2D eigenvalue weighted by Crippen LogP contribution is -2.35. The predicted octanol–water partition coefficient (Wildman–Crippen LogP) is 6.48. The SMILES string of the molecule is Cc1cc(C)cc(-c2cnc3cc(Cl)c(-c4cnn(C)c4)cc3c2OCC[C@@H]2CCCCN2)c1. The molecule has 3 heterocycles. The summed E-state index contributed by atoms with van der Waals surface area (Å²) in [6.45, 7) is 6.00. The van der Waals surface area contributed by atoms with Gasteiger partial charge in [-0.2, -0.15) is 5.10 Å². The van der Waals surface area contributed by atoms with Gasteiger partial charge < -0.3 is 10.1 Å². The highest BCUT2D eigenvalue weighted by Crippen LogP contribution is 2.40. The normalized spacial score (nSPS) is 16.2. The van der Waals surface area contributed by atoms with Gasteiger partial charge in [0.05, 0.1) is 23.3 Å². The van der Waals surface area contributed by atoms with Gasteiger partial charge in [0.1, 0.15) is 5.75 Å². The van der Waals surface area contributed by atoms with Crippen LogP contribution in [-0.4, -0.2) is 34.0 Å². The first-order valence-corrected chi connectivity index (χ1v) is 12.4. The van der Waals surface area contributed by atoms with Crippen LogP contribution in [0.15, 0.2) is 48.9 Å². The molecular formula is C28H31ClN4O. The molecule has 0 radical (unpaired) electrons. The number of nitrogens with zero attached hydrogens (tertiary/aromatic N) is 3. The number of pyridine rings is 1. The first-order chi connectivity index (χ1) is 16.5. The Morgan fingerprint density at radius 2 is 1.85 bits per heavy atom. The van der Waals surface area contributed by atoms with Crippen LogP contribution in [0.4, 0.5) is 0 Å². The largest absolute Gasteiger partial charge is 0.492 e. The Hall–Kier alpha value is -2.89. The molecule has 2 aromatic heterocycles. The molecule has 0 aliphatic carbocycles. The van der Waals surface area contributed by atoms with Crippen LogP contribution < -0.4 is 10.1 Å². The monoisotopic (exact) mass is 474 g/mol. The fourth-order valence-electron chi connectivity index (χ4n) is 4.94. The lowest BCUT2D eigenvalue weighted by Gasteiger charge is -2.24. The Kier molecular flexibility index (Phi) is 6.57. The van der Waals surface area contributed by atoms with E-state index in [9.17, 15) is 0 Å². The zero-order valence-electron chi connectivity index (χ0n) is 20.1. The standard InChI is InChI=1S/C28H31ClN4O/c1-18-10-19(2)12-20(11-18)25-16-31-27-14-26(29)23(21-15-32-33(3)17-21)13-24(27)28(25)34-9-7-22-6-4-5-8-30-22/h10-17,22,30H,4-9H2,1-3H3/t22-/m0/s1. The fourth-order valence-corrected chi connectivity index (χ4v) is 5.20. The highest BCUT2D eigenvalue weighted by molar-refractivity contribution is 6.34. The Bertz CT molecular complexity index is 1300. The lowest BCUT2D eigenvalue weighted by molar-refractivity contribution is 0.271. The maximum Gasteiger partial charge on any atom is 0.138 e. The van der Waals surface area contributed by atoms with Gasteiger partial charge in [0.25, 0.3) is 0 Å². The molecule has 0 spiro atoms. The van der Waals surface area contributed by atoms with E-state index in [0.717, 1.165) is 51.9 Å². The number of halogens is 1. The third-order valence-electron chi connectivity index (χ3n) is 6.58. The molecule has 34 heavy (non-hydrogen) atoms. The fraction of sp³-hybridized carbons (Fsp3) is 0.357. The molecule has 1 atom stereocenters. The molecular weight excluding hydrogens is 444 g/mol. The molecule has 5 rings (SSSR count). The van der Waals surface area contributed by atoms with Crippen LogP contribution in [0.5, 0.6) is 5.75 Å². The molecule has 5 nitrogen and oxygen atoms in total. The average molecular weight is 475 g/mol. The number of piperidine rings is 1. The Morgan fingerprint density at radius 3 is 2.56 bits per heavy atom. The van der Waals surface area contributed by atoms with Gasteiger partial charge in [-0.15, -0.1) is 0 Å². The topological polar surface area (TPSA) is 52.0 Å². The summed E-state index contributed by atoms with van der Waals surface area (Å²) >= 11 is 6.68. The van der Waals surface area contributed by atoms with Crippen molar-refractivity contribution in [1.82, 2.24) is 20.1 Å². The van der Waals surface area contributed by atoms with Crippen molar-refractivity contribution >= 4 is 22.5 Å². The maximum absolute atomic E-state index is 6.68. The van der Waals surface area contributed by atoms with Gasteiger partial charge in [-0.1, -0.05) is 47.3 Å². The Labute approximate surface area is 206 Å². The van der Waals surface area contributed by atoms with Crippen LogP contribution in [0.1, 0.15) is 36.8 Å². The van der Waals surface area contributed by atoms with Crippen molar-refractivity contribution < 1.29 is 4.74 Å². The molecule has 1 fully saturated rings. The van der Waals surface area contributed by atoms with Crippen molar-refractivity contribution in [3.63, 3.8) is 0 Å². The minimum Gasteiger partial charge on any atom is -0.492 e. The zero-order valence-corrected chi connectivity index (χ0v) is 20.8. The van der Waals surface area contributed by atoms with Crippen molar-refractivity contribution in [3.8, 4) is 28.0 Å².